The van der Waals surface area contributed by atoms with Crippen molar-refractivity contribution in [3.8, 4) is 0 Å². The molecule has 4 heterocycles. The van der Waals surface area contributed by atoms with Crippen LogP contribution in [-0.2, 0) is 14.2 Å². The van der Waals surface area contributed by atoms with Crippen LogP contribution in [0.25, 0.3) is 11.0 Å². The minimum absolute atomic E-state index is 0.136. The minimum Gasteiger partial charge on any atom is -0.394 e. The Balaban J connectivity index is 1.76. The maximum atomic E-state index is 9.70. The van der Waals surface area contributed by atoms with Gasteiger partial charge in [-0.25, -0.2) is 15.0 Å². The van der Waals surface area contributed by atoms with Crippen molar-refractivity contribution in [3.05, 3.63) is 18.1 Å². The SMILES string of the molecule is Cc1nc(N=CN(C)C)c2ccn([C@@H]3O[C@H](CO)[C@H]4OC(C)(C)O[C@H]43)c2n1. The molecule has 1 N–H and O–H groups in total. The van der Waals surface area contributed by atoms with Crippen LogP contribution in [0.2, 0.25) is 0 Å². The van der Waals surface area contributed by atoms with E-state index in [0.717, 1.165) is 5.39 Å². The highest BCUT2D eigenvalue weighted by Gasteiger charge is 2.55. The molecule has 0 amide bonds. The molecule has 9 nitrogen and oxygen atoms in total. The zero-order valence-corrected chi connectivity index (χ0v) is 16.2. The lowest BCUT2D eigenvalue weighted by atomic mass is 10.1. The monoisotopic (exact) mass is 375 g/mol. The van der Waals surface area contributed by atoms with Crippen molar-refractivity contribution >= 4 is 23.2 Å². The average Bonchev–Trinajstić information content (AvgIpc) is 3.22. The number of hydrogen-bond donors (Lipinski definition) is 1. The molecule has 2 aromatic heterocycles. The molecular weight excluding hydrogens is 350 g/mol. The highest BCUT2D eigenvalue weighted by Crippen LogP contribution is 2.44. The Morgan fingerprint density at radius 1 is 1.30 bits per heavy atom. The number of hydrogen-bond acceptors (Lipinski definition) is 7. The Morgan fingerprint density at radius 3 is 2.74 bits per heavy atom. The van der Waals surface area contributed by atoms with Crippen molar-refractivity contribution in [2.24, 2.45) is 4.99 Å². The summed E-state index contributed by atoms with van der Waals surface area (Å²) in [6.07, 6.45) is 2.03. The van der Waals surface area contributed by atoms with Crippen molar-refractivity contribution in [1.82, 2.24) is 19.4 Å². The maximum Gasteiger partial charge on any atom is 0.166 e. The lowest BCUT2D eigenvalue weighted by Crippen LogP contribution is -2.31. The summed E-state index contributed by atoms with van der Waals surface area (Å²) in [7, 11) is 3.81. The van der Waals surface area contributed by atoms with Crippen LogP contribution >= 0.6 is 0 Å². The van der Waals surface area contributed by atoms with Crippen LogP contribution in [0.3, 0.4) is 0 Å². The number of rotatable bonds is 4. The van der Waals surface area contributed by atoms with Gasteiger partial charge in [-0.1, -0.05) is 0 Å². The fourth-order valence-electron chi connectivity index (χ4n) is 3.63. The molecule has 9 heteroatoms. The van der Waals surface area contributed by atoms with Gasteiger partial charge < -0.3 is 28.8 Å². The van der Waals surface area contributed by atoms with Crippen LogP contribution in [-0.4, -0.2) is 75.7 Å². The number of nitrogens with zero attached hydrogens (tertiary/aromatic N) is 5. The summed E-state index contributed by atoms with van der Waals surface area (Å²) in [5.41, 5.74) is 0.712. The number of fused-ring (bicyclic) bond motifs is 2. The molecule has 27 heavy (non-hydrogen) atoms. The quantitative estimate of drug-likeness (QED) is 0.637. The second kappa shape index (κ2) is 6.52. The van der Waals surface area contributed by atoms with E-state index in [9.17, 15) is 5.11 Å². The molecule has 2 aliphatic heterocycles. The zero-order valence-electron chi connectivity index (χ0n) is 16.2. The second-order valence-corrected chi connectivity index (χ2v) is 7.58. The highest BCUT2D eigenvalue weighted by atomic mass is 16.8. The number of aliphatic imine (C=N–C) groups is 1. The summed E-state index contributed by atoms with van der Waals surface area (Å²) < 4.78 is 20.0. The van der Waals surface area contributed by atoms with E-state index in [0.29, 0.717) is 17.3 Å². The van der Waals surface area contributed by atoms with Gasteiger partial charge in [-0.05, 0) is 26.8 Å². The van der Waals surface area contributed by atoms with Crippen LogP contribution in [0.1, 0.15) is 25.9 Å². The third-order valence-corrected chi connectivity index (χ3v) is 4.65. The summed E-state index contributed by atoms with van der Waals surface area (Å²) in [6, 6.07) is 1.92. The van der Waals surface area contributed by atoms with Gasteiger partial charge in [-0.3, -0.25) is 0 Å². The molecule has 4 atom stereocenters. The van der Waals surface area contributed by atoms with Crippen molar-refractivity contribution in [2.45, 2.75) is 51.1 Å². The molecule has 0 radical (unpaired) electrons. The summed E-state index contributed by atoms with van der Waals surface area (Å²) in [5, 5.41) is 10.5. The number of aliphatic hydroxyl groups is 1. The summed E-state index contributed by atoms with van der Waals surface area (Å²) in [4.78, 5) is 15.3. The van der Waals surface area contributed by atoms with E-state index in [1.807, 2.05) is 56.6 Å². The van der Waals surface area contributed by atoms with Gasteiger partial charge >= 0.3 is 0 Å². The van der Waals surface area contributed by atoms with Crippen LogP contribution in [0.4, 0.5) is 5.82 Å². The summed E-state index contributed by atoms with van der Waals surface area (Å²) in [5.74, 6) is 0.493. The topological polar surface area (TPSA) is 94.2 Å². The lowest BCUT2D eigenvalue weighted by Gasteiger charge is -2.24. The van der Waals surface area contributed by atoms with Crippen molar-refractivity contribution in [1.29, 1.82) is 0 Å². The minimum atomic E-state index is -0.722. The molecule has 0 aromatic carbocycles. The Morgan fingerprint density at radius 2 is 2.04 bits per heavy atom. The van der Waals surface area contributed by atoms with E-state index in [1.54, 1.807) is 6.34 Å². The van der Waals surface area contributed by atoms with Crippen LogP contribution in [0.15, 0.2) is 17.3 Å². The standard InChI is InChI=1S/C18H25N5O4/c1-10-20-15(19-9-22(4)5)11-6-7-23(16(11)21-10)17-14-13(12(8-24)25-17)26-18(2,3)27-14/h6-7,9,12-14,17,24H,8H2,1-5H3/t12-,13-,14-,17-/m1/s1. The van der Waals surface area contributed by atoms with E-state index in [2.05, 4.69) is 15.0 Å². The second-order valence-electron chi connectivity index (χ2n) is 7.58. The van der Waals surface area contributed by atoms with Crippen LogP contribution < -0.4 is 0 Å². The Hall–Kier alpha value is -2.07. The van der Waals surface area contributed by atoms with Crippen molar-refractivity contribution < 1.29 is 19.3 Å². The maximum absolute atomic E-state index is 9.70. The van der Waals surface area contributed by atoms with Crippen LogP contribution in [0.5, 0.6) is 0 Å². The molecule has 0 bridgehead atoms. The molecule has 0 spiro atoms. The number of ether oxygens (including phenoxy) is 3. The lowest BCUT2D eigenvalue weighted by molar-refractivity contribution is -0.199. The Labute approximate surface area is 157 Å². The molecule has 0 aliphatic carbocycles. The van der Waals surface area contributed by atoms with E-state index in [1.165, 1.54) is 0 Å². The van der Waals surface area contributed by atoms with E-state index < -0.39 is 18.1 Å². The number of aromatic nitrogens is 3. The third-order valence-electron chi connectivity index (χ3n) is 4.65. The molecule has 146 valence electrons. The molecular formula is C18H25N5O4. The van der Waals surface area contributed by atoms with Gasteiger partial charge in [0.15, 0.2) is 17.8 Å². The first kappa shape index (κ1) is 18.3. The smallest absolute Gasteiger partial charge is 0.166 e. The average molecular weight is 375 g/mol. The largest absolute Gasteiger partial charge is 0.394 e. The van der Waals surface area contributed by atoms with Crippen molar-refractivity contribution in [3.63, 3.8) is 0 Å². The molecule has 2 fully saturated rings. The van der Waals surface area contributed by atoms with E-state index in [4.69, 9.17) is 14.2 Å². The third kappa shape index (κ3) is 3.20. The molecule has 0 unspecified atom stereocenters. The number of aliphatic hydroxyl groups excluding tert-OH is 1. The normalized spacial score (nSPS) is 29.7. The van der Waals surface area contributed by atoms with Gasteiger partial charge in [-0.2, -0.15) is 0 Å². The van der Waals surface area contributed by atoms with Gasteiger partial charge in [0.05, 0.1) is 18.3 Å². The molecule has 0 saturated carbocycles. The Kier molecular flexibility index (Phi) is 4.42. The summed E-state index contributed by atoms with van der Waals surface area (Å²) >= 11 is 0. The first-order valence-corrected chi connectivity index (χ1v) is 8.97. The zero-order chi connectivity index (χ0) is 19.3. The first-order valence-electron chi connectivity index (χ1n) is 8.97. The first-order chi connectivity index (χ1) is 12.8. The van der Waals surface area contributed by atoms with Gasteiger partial charge in [0, 0.05) is 20.3 Å². The number of aryl methyl sites for hydroxylation is 1. The van der Waals surface area contributed by atoms with Crippen LogP contribution in [0, 0.1) is 6.92 Å². The van der Waals surface area contributed by atoms with Gasteiger partial charge in [-0.15, -0.1) is 0 Å². The predicted octanol–water partition coefficient (Wildman–Crippen LogP) is 1.37. The Bertz CT molecular complexity index is 878. The van der Waals surface area contributed by atoms with E-state index in [-0.39, 0.29) is 18.8 Å². The molecule has 2 saturated heterocycles. The van der Waals surface area contributed by atoms with Gasteiger partial charge in [0.1, 0.15) is 29.8 Å². The fourth-order valence-corrected chi connectivity index (χ4v) is 3.63. The summed E-state index contributed by atoms with van der Waals surface area (Å²) in [6.45, 7) is 5.43. The predicted molar refractivity (Wildman–Crippen MR) is 98.9 cm³/mol. The molecule has 2 aromatic rings. The fraction of sp³-hybridized carbons (Fsp3) is 0.611. The molecule has 4 rings (SSSR count). The van der Waals surface area contributed by atoms with Gasteiger partial charge in [0.25, 0.3) is 0 Å². The van der Waals surface area contributed by atoms with Gasteiger partial charge in [0.2, 0.25) is 0 Å². The molecule has 2 aliphatic rings. The van der Waals surface area contributed by atoms with Crippen molar-refractivity contribution in [2.75, 3.05) is 20.7 Å². The highest BCUT2D eigenvalue weighted by molar-refractivity contribution is 5.87. The van der Waals surface area contributed by atoms with E-state index >= 15 is 0 Å².